The van der Waals surface area contributed by atoms with E-state index in [0.29, 0.717) is 18.7 Å². The number of nitrogens with one attached hydrogen (secondary N) is 2. The van der Waals surface area contributed by atoms with E-state index in [2.05, 4.69) is 10.6 Å². The Bertz CT molecular complexity index is 892. The van der Waals surface area contributed by atoms with Gasteiger partial charge in [0.05, 0.1) is 4.90 Å². The smallest absolute Gasteiger partial charge is 0.238 e. The molecule has 0 aliphatic carbocycles. The third-order valence-electron chi connectivity index (χ3n) is 3.95. The van der Waals surface area contributed by atoms with Gasteiger partial charge in [-0.25, -0.2) is 13.6 Å². The Kier molecular flexibility index (Phi) is 7.09. The van der Waals surface area contributed by atoms with Gasteiger partial charge >= 0.3 is 0 Å². The average molecular weight is 389 g/mol. The molecule has 0 radical (unpaired) electrons. The van der Waals surface area contributed by atoms with Gasteiger partial charge in [-0.2, -0.15) is 0 Å². The van der Waals surface area contributed by atoms with E-state index in [1.54, 1.807) is 24.3 Å². The Morgan fingerprint density at radius 2 is 1.52 bits per heavy atom. The zero-order valence-corrected chi connectivity index (χ0v) is 15.9. The largest absolute Gasteiger partial charge is 0.355 e. The van der Waals surface area contributed by atoms with E-state index in [4.69, 9.17) is 5.14 Å². The Morgan fingerprint density at radius 3 is 2.07 bits per heavy atom. The minimum atomic E-state index is -3.71. The molecule has 2 rings (SSSR count). The first-order chi connectivity index (χ1) is 12.8. The number of primary sulfonamides is 1. The zero-order chi connectivity index (χ0) is 19.9. The third-order valence-corrected chi connectivity index (χ3v) is 4.88. The lowest BCUT2D eigenvalue weighted by atomic mass is 10.1. The van der Waals surface area contributed by atoms with Crippen molar-refractivity contribution in [1.82, 2.24) is 5.32 Å². The number of aryl methyl sites for hydroxylation is 1. The van der Waals surface area contributed by atoms with E-state index in [1.165, 1.54) is 17.7 Å². The summed E-state index contributed by atoms with van der Waals surface area (Å²) in [4.78, 5) is 23.8. The van der Waals surface area contributed by atoms with Crippen molar-refractivity contribution in [1.29, 1.82) is 0 Å². The summed E-state index contributed by atoms with van der Waals surface area (Å²) in [5.74, 6) is -0.756. The van der Waals surface area contributed by atoms with Crippen molar-refractivity contribution >= 4 is 27.5 Å². The van der Waals surface area contributed by atoms with Gasteiger partial charge in [-0.15, -0.1) is 0 Å². The van der Waals surface area contributed by atoms with Gasteiger partial charge in [-0.1, -0.05) is 31.2 Å². The molecular formula is C19H23N3O4S. The fourth-order valence-corrected chi connectivity index (χ4v) is 2.94. The molecule has 2 aromatic carbocycles. The molecule has 0 heterocycles. The molecule has 0 unspecified atom stereocenters. The van der Waals surface area contributed by atoms with Crippen LogP contribution in [0.5, 0.6) is 0 Å². The number of carbonyl (C=O) groups excluding carboxylic acids is 2. The van der Waals surface area contributed by atoms with Crippen LogP contribution >= 0.6 is 0 Å². The van der Waals surface area contributed by atoms with Crippen LogP contribution in [-0.4, -0.2) is 26.8 Å². The first-order valence-electron chi connectivity index (χ1n) is 8.55. The summed E-state index contributed by atoms with van der Waals surface area (Å²) in [5, 5.41) is 10.4. The second-order valence-corrected chi connectivity index (χ2v) is 7.63. The Balaban J connectivity index is 1.74. The van der Waals surface area contributed by atoms with Crippen molar-refractivity contribution in [3.8, 4) is 0 Å². The number of hydrogen-bond donors (Lipinski definition) is 3. The fraction of sp³-hybridized carbons (Fsp3) is 0.263. The van der Waals surface area contributed by atoms with Gasteiger partial charge in [-0.05, 0) is 48.2 Å². The molecule has 27 heavy (non-hydrogen) atoms. The molecule has 8 heteroatoms. The second kappa shape index (κ2) is 9.29. The number of carbonyl (C=O) groups is 2. The van der Waals surface area contributed by atoms with Crippen molar-refractivity contribution in [3.05, 3.63) is 59.7 Å². The van der Waals surface area contributed by atoms with Gasteiger partial charge in [0, 0.05) is 12.2 Å². The van der Waals surface area contributed by atoms with Gasteiger partial charge in [0.1, 0.15) is 6.42 Å². The van der Waals surface area contributed by atoms with Crippen LogP contribution in [0.25, 0.3) is 0 Å². The SMILES string of the molecule is CCc1ccc(NC(=O)CC(=O)NCCc2ccc(S(N)(=O)=O)cc2)cc1. The monoisotopic (exact) mass is 389 g/mol. The predicted octanol–water partition coefficient (Wildman–Crippen LogP) is 1.58. The van der Waals surface area contributed by atoms with Crippen LogP contribution in [0.15, 0.2) is 53.4 Å². The van der Waals surface area contributed by atoms with Crippen molar-refractivity contribution in [2.24, 2.45) is 5.14 Å². The van der Waals surface area contributed by atoms with E-state index >= 15 is 0 Å². The lowest BCUT2D eigenvalue weighted by molar-refractivity contribution is -0.126. The molecule has 0 fully saturated rings. The van der Waals surface area contributed by atoms with E-state index < -0.39 is 10.0 Å². The number of rotatable bonds is 8. The van der Waals surface area contributed by atoms with Crippen molar-refractivity contribution in [2.45, 2.75) is 31.1 Å². The lowest BCUT2D eigenvalue weighted by Crippen LogP contribution is -2.29. The van der Waals surface area contributed by atoms with Crippen molar-refractivity contribution < 1.29 is 18.0 Å². The molecule has 0 aromatic heterocycles. The average Bonchev–Trinajstić information content (AvgIpc) is 2.62. The molecule has 0 saturated carbocycles. The fourth-order valence-electron chi connectivity index (χ4n) is 2.43. The molecule has 0 aliphatic heterocycles. The molecule has 0 saturated heterocycles. The van der Waals surface area contributed by atoms with E-state index in [0.717, 1.165) is 12.0 Å². The Labute approximate surface area is 159 Å². The number of anilines is 1. The van der Waals surface area contributed by atoms with Gasteiger partial charge in [0.15, 0.2) is 0 Å². The summed E-state index contributed by atoms with van der Waals surface area (Å²) >= 11 is 0. The molecule has 7 nitrogen and oxygen atoms in total. The Hall–Kier alpha value is -2.71. The topological polar surface area (TPSA) is 118 Å². The summed E-state index contributed by atoms with van der Waals surface area (Å²) in [5.41, 5.74) is 2.67. The van der Waals surface area contributed by atoms with E-state index in [9.17, 15) is 18.0 Å². The maximum Gasteiger partial charge on any atom is 0.238 e. The quantitative estimate of drug-likeness (QED) is 0.594. The van der Waals surface area contributed by atoms with Crippen LogP contribution in [0, 0.1) is 0 Å². The molecule has 2 amide bonds. The normalized spacial score (nSPS) is 11.0. The molecule has 0 aliphatic rings. The molecule has 0 atom stereocenters. The predicted molar refractivity (Wildman–Crippen MR) is 104 cm³/mol. The molecular weight excluding hydrogens is 366 g/mol. The van der Waals surface area contributed by atoms with Gasteiger partial charge in [0.25, 0.3) is 0 Å². The number of hydrogen-bond acceptors (Lipinski definition) is 4. The number of sulfonamides is 1. The summed E-state index contributed by atoms with van der Waals surface area (Å²) in [6.07, 6.45) is 1.16. The summed E-state index contributed by atoms with van der Waals surface area (Å²) in [6.45, 7) is 2.39. The van der Waals surface area contributed by atoms with Crippen molar-refractivity contribution in [2.75, 3.05) is 11.9 Å². The molecule has 0 bridgehead atoms. The van der Waals surface area contributed by atoms with Gasteiger partial charge < -0.3 is 10.6 Å². The van der Waals surface area contributed by atoms with Crippen molar-refractivity contribution in [3.63, 3.8) is 0 Å². The molecule has 2 aromatic rings. The molecule has 4 N–H and O–H groups in total. The summed E-state index contributed by atoms with van der Waals surface area (Å²) in [6, 6.07) is 13.6. The highest BCUT2D eigenvalue weighted by Gasteiger charge is 2.10. The highest BCUT2D eigenvalue weighted by atomic mass is 32.2. The first-order valence-corrected chi connectivity index (χ1v) is 10.1. The number of benzene rings is 2. The third kappa shape index (κ3) is 6.84. The number of amides is 2. The minimum Gasteiger partial charge on any atom is -0.355 e. The first kappa shape index (κ1) is 20.6. The highest BCUT2D eigenvalue weighted by molar-refractivity contribution is 7.89. The van der Waals surface area contributed by atoms with E-state index in [1.807, 2.05) is 19.1 Å². The van der Waals surface area contributed by atoms with Crippen LogP contribution in [0.4, 0.5) is 5.69 Å². The van der Waals surface area contributed by atoms with Crippen LogP contribution < -0.4 is 15.8 Å². The van der Waals surface area contributed by atoms with Gasteiger partial charge in [0.2, 0.25) is 21.8 Å². The number of nitrogens with two attached hydrogens (primary N) is 1. The van der Waals surface area contributed by atoms with Crippen LogP contribution in [-0.2, 0) is 32.5 Å². The van der Waals surface area contributed by atoms with E-state index in [-0.39, 0.29) is 23.1 Å². The summed E-state index contributed by atoms with van der Waals surface area (Å²) in [7, 11) is -3.71. The van der Waals surface area contributed by atoms with Crippen LogP contribution in [0.1, 0.15) is 24.5 Å². The van der Waals surface area contributed by atoms with Crippen LogP contribution in [0.3, 0.4) is 0 Å². The molecule has 0 spiro atoms. The van der Waals surface area contributed by atoms with Gasteiger partial charge in [-0.3, -0.25) is 9.59 Å². The lowest BCUT2D eigenvalue weighted by Gasteiger charge is -2.08. The standard InChI is InChI=1S/C19H23N3O4S/c1-2-14-3-7-16(8-4-14)22-19(24)13-18(23)21-12-11-15-5-9-17(10-6-15)27(20,25)26/h3-10H,2,11-13H2,1H3,(H,21,23)(H,22,24)(H2,20,25,26). The highest BCUT2D eigenvalue weighted by Crippen LogP contribution is 2.10. The zero-order valence-electron chi connectivity index (χ0n) is 15.1. The minimum absolute atomic E-state index is 0.0407. The maximum absolute atomic E-state index is 11.9. The summed E-state index contributed by atoms with van der Waals surface area (Å²) < 4.78 is 22.4. The Morgan fingerprint density at radius 1 is 0.926 bits per heavy atom. The molecule has 144 valence electrons. The second-order valence-electron chi connectivity index (χ2n) is 6.06. The maximum atomic E-state index is 11.9. The van der Waals surface area contributed by atoms with Crippen LogP contribution in [0.2, 0.25) is 0 Å².